The van der Waals surface area contributed by atoms with Crippen LogP contribution in [0.15, 0.2) is 48.5 Å². The Balaban J connectivity index is 1.95. The summed E-state index contributed by atoms with van der Waals surface area (Å²) in [4.78, 5) is 12.0. The Morgan fingerprint density at radius 2 is 1.92 bits per heavy atom. The van der Waals surface area contributed by atoms with Crippen molar-refractivity contribution in [3.05, 3.63) is 64.7 Å². The molecular formula is C18H21ClN2O3. The molecule has 0 aromatic heterocycles. The fourth-order valence-corrected chi connectivity index (χ4v) is 2.35. The molecule has 0 aliphatic heterocycles. The topological polar surface area (TPSA) is 70.6 Å². The molecule has 0 fully saturated rings. The lowest BCUT2D eigenvalue weighted by Crippen LogP contribution is -2.33. The molecule has 0 spiro atoms. The van der Waals surface area contributed by atoms with Gasteiger partial charge < -0.3 is 20.5 Å². The second kappa shape index (κ2) is 9.27. The molecule has 0 heterocycles. The highest BCUT2D eigenvalue weighted by Crippen LogP contribution is 2.20. The summed E-state index contributed by atoms with van der Waals surface area (Å²) in [7, 11) is 0. The number of carbonyl (C=O) groups excluding carboxylic acids is 1. The predicted molar refractivity (Wildman–Crippen MR) is 95.4 cm³/mol. The number of hydrogen-bond acceptors (Lipinski definition) is 3. The summed E-state index contributed by atoms with van der Waals surface area (Å²) in [5, 5.41) is 14.9. The Hall–Kier alpha value is -2.08. The molecule has 2 rings (SSSR count). The van der Waals surface area contributed by atoms with E-state index < -0.39 is 0 Å². The first-order valence-electron chi connectivity index (χ1n) is 7.68. The van der Waals surface area contributed by atoms with Gasteiger partial charge in [0.15, 0.2) is 0 Å². The van der Waals surface area contributed by atoms with Crippen molar-refractivity contribution in [2.75, 3.05) is 25.1 Å². The standard InChI is InChI=1S/C18H21ClN2O3/c1-13-6-8-14(9-7-13)17(24-11-10-22)12-20-18(23)21-16-5-3-2-4-15(16)19/h2-9,17,22H,10-12H2,1H3,(H2,20,21,23). The minimum absolute atomic E-state index is 0.0752. The van der Waals surface area contributed by atoms with Crippen molar-refractivity contribution in [3.63, 3.8) is 0 Å². The van der Waals surface area contributed by atoms with Gasteiger partial charge in [-0.05, 0) is 24.6 Å². The van der Waals surface area contributed by atoms with Crippen LogP contribution in [0.2, 0.25) is 5.02 Å². The van der Waals surface area contributed by atoms with Crippen molar-refractivity contribution in [1.82, 2.24) is 5.32 Å². The molecule has 0 aliphatic rings. The van der Waals surface area contributed by atoms with Crippen LogP contribution >= 0.6 is 11.6 Å². The lowest BCUT2D eigenvalue weighted by Gasteiger charge is -2.19. The van der Waals surface area contributed by atoms with Crippen LogP contribution in [0.1, 0.15) is 17.2 Å². The molecule has 2 aromatic carbocycles. The second-order valence-corrected chi connectivity index (χ2v) is 5.72. The number of amides is 2. The van der Waals surface area contributed by atoms with E-state index in [-0.39, 0.29) is 31.9 Å². The summed E-state index contributed by atoms with van der Waals surface area (Å²) >= 11 is 6.02. The molecule has 0 bridgehead atoms. The fraction of sp³-hybridized carbons (Fsp3) is 0.278. The van der Waals surface area contributed by atoms with Crippen molar-refractivity contribution in [2.45, 2.75) is 13.0 Å². The number of aliphatic hydroxyl groups is 1. The Labute approximate surface area is 146 Å². The van der Waals surface area contributed by atoms with Crippen LogP contribution in [0, 0.1) is 6.92 Å². The zero-order valence-electron chi connectivity index (χ0n) is 13.5. The van der Waals surface area contributed by atoms with Crippen molar-refractivity contribution in [1.29, 1.82) is 0 Å². The number of benzene rings is 2. The second-order valence-electron chi connectivity index (χ2n) is 5.31. The van der Waals surface area contributed by atoms with Gasteiger partial charge in [-0.25, -0.2) is 4.79 Å². The molecule has 1 unspecified atom stereocenters. The Bertz CT molecular complexity index is 662. The van der Waals surface area contributed by atoms with E-state index in [1.807, 2.05) is 31.2 Å². The third-order valence-corrected chi connectivity index (χ3v) is 3.76. The molecule has 6 heteroatoms. The number of anilines is 1. The van der Waals surface area contributed by atoms with E-state index in [1.165, 1.54) is 0 Å². The first-order chi connectivity index (χ1) is 11.6. The Morgan fingerprint density at radius 3 is 2.58 bits per heavy atom. The maximum Gasteiger partial charge on any atom is 0.319 e. The van der Waals surface area contributed by atoms with Gasteiger partial charge in [-0.15, -0.1) is 0 Å². The number of rotatable bonds is 7. The highest BCUT2D eigenvalue weighted by Gasteiger charge is 2.14. The number of carbonyl (C=O) groups is 1. The summed E-state index contributed by atoms with van der Waals surface area (Å²) in [5.74, 6) is 0. The quantitative estimate of drug-likeness (QED) is 0.717. The zero-order chi connectivity index (χ0) is 17.4. The maximum absolute atomic E-state index is 12.0. The largest absolute Gasteiger partial charge is 0.394 e. The van der Waals surface area contributed by atoms with Crippen molar-refractivity contribution in [3.8, 4) is 0 Å². The molecule has 0 aliphatic carbocycles. The molecular weight excluding hydrogens is 328 g/mol. The summed E-state index contributed by atoms with van der Waals surface area (Å²) in [6.07, 6.45) is -0.338. The van der Waals surface area contributed by atoms with E-state index in [0.29, 0.717) is 10.7 Å². The number of hydrogen-bond donors (Lipinski definition) is 3. The normalized spacial score (nSPS) is 11.8. The van der Waals surface area contributed by atoms with Crippen LogP contribution < -0.4 is 10.6 Å². The van der Waals surface area contributed by atoms with E-state index in [4.69, 9.17) is 21.4 Å². The highest BCUT2D eigenvalue weighted by atomic mass is 35.5. The summed E-state index contributed by atoms with van der Waals surface area (Å²) in [6, 6.07) is 14.5. The SMILES string of the molecule is Cc1ccc(C(CNC(=O)Nc2ccccc2Cl)OCCO)cc1. The average Bonchev–Trinajstić information content (AvgIpc) is 2.58. The minimum Gasteiger partial charge on any atom is -0.394 e. The summed E-state index contributed by atoms with van der Waals surface area (Å²) in [5.41, 5.74) is 2.62. The van der Waals surface area contributed by atoms with Gasteiger partial charge in [0.05, 0.1) is 30.0 Å². The average molecular weight is 349 g/mol. The van der Waals surface area contributed by atoms with E-state index in [9.17, 15) is 4.79 Å². The van der Waals surface area contributed by atoms with Crippen LogP contribution in [0.4, 0.5) is 10.5 Å². The molecule has 1 atom stereocenters. The molecule has 128 valence electrons. The van der Waals surface area contributed by atoms with Crippen LogP contribution in [0.5, 0.6) is 0 Å². The minimum atomic E-state index is -0.368. The van der Waals surface area contributed by atoms with Gasteiger partial charge in [0.2, 0.25) is 0 Å². The monoisotopic (exact) mass is 348 g/mol. The number of aryl methyl sites for hydroxylation is 1. The molecule has 3 N–H and O–H groups in total. The molecule has 0 radical (unpaired) electrons. The summed E-state index contributed by atoms with van der Waals surface area (Å²) < 4.78 is 5.62. The molecule has 2 amide bonds. The van der Waals surface area contributed by atoms with Crippen LogP contribution in [0.3, 0.4) is 0 Å². The van der Waals surface area contributed by atoms with Crippen LogP contribution in [-0.4, -0.2) is 30.9 Å². The van der Waals surface area contributed by atoms with Crippen LogP contribution in [0.25, 0.3) is 0 Å². The van der Waals surface area contributed by atoms with Gasteiger partial charge in [-0.1, -0.05) is 53.6 Å². The van der Waals surface area contributed by atoms with Crippen molar-refractivity contribution < 1.29 is 14.6 Å². The number of nitrogens with one attached hydrogen (secondary N) is 2. The van der Waals surface area contributed by atoms with E-state index in [0.717, 1.165) is 11.1 Å². The van der Waals surface area contributed by atoms with Crippen molar-refractivity contribution >= 4 is 23.3 Å². The Morgan fingerprint density at radius 1 is 1.21 bits per heavy atom. The third kappa shape index (κ3) is 5.53. The van der Waals surface area contributed by atoms with Crippen LogP contribution in [-0.2, 0) is 4.74 Å². The smallest absolute Gasteiger partial charge is 0.319 e. The van der Waals surface area contributed by atoms with Gasteiger partial charge >= 0.3 is 6.03 Å². The third-order valence-electron chi connectivity index (χ3n) is 3.43. The Kier molecular flexibility index (Phi) is 7.06. The number of urea groups is 1. The molecule has 2 aromatic rings. The summed E-state index contributed by atoms with van der Waals surface area (Å²) in [6.45, 7) is 2.41. The zero-order valence-corrected chi connectivity index (χ0v) is 14.2. The van der Waals surface area contributed by atoms with Gasteiger partial charge in [0, 0.05) is 6.54 Å². The number of aliphatic hydroxyl groups excluding tert-OH is 1. The number of halogens is 1. The van der Waals surface area contributed by atoms with Gasteiger partial charge in [0.25, 0.3) is 0 Å². The van der Waals surface area contributed by atoms with Gasteiger partial charge in [-0.2, -0.15) is 0 Å². The maximum atomic E-state index is 12.0. The first-order valence-corrected chi connectivity index (χ1v) is 8.06. The molecule has 0 saturated carbocycles. The lowest BCUT2D eigenvalue weighted by atomic mass is 10.1. The predicted octanol–water partition coefficient (Wildman–Crippen LogP) is 3.52. The van der Waals surface area contributed by atoms with Gasteiger partial charge in [-0.3, -0.25) is 0 Å². The van der Waals surface area contributed by atoms with E-state index >= 15 is 0 Å². The van der Waals surface area contributed by atoms with Gasteiger partial charge in [0.1, 0.15) is 0 Å². The number of ether oxygens (including phenoxy) is 1. The van der Waals surface area contributed by atoms with Crippen molar-refractivity contribution in [2.24, 2.45) is 0 Å². The highest BCUT2D eigenvalue weighted by molar-refractivity contribution is 6.33. The molecule has 0 saturated heterocycles. The van der Waals surface area contributed by atoms with E-state index in [2.05, 4.69) is 10.6 Å². The fourth-order valence-electron chi connectivity index (χ4n) is 2.16. The van der Waals surface area contributed by atoms with E-state index in [1.54, 1.807) is 24.3 Å². The number of para-hydroxylation sites is 1. The first kappa shape index (κ1) is 18.3. The lowest BCUT2D eigenvalue weighted by molar-refractivity contribution is 0.0297. The molecule has 5 nitrogen and oxygen atoms in total. The molecule has 24 heavy (non-hydrogen) atoms.